The number of amidine groups is 1. The number of hydrogen-bond donors (Lipinski definition) is 1. The van der Waals surface area contributed by atoms with E-state index in [2.05, 4.69) is 10.4 Å². The van der Waals surface area contributed by atoms with Crippen LogP contribution >= 0.6 is 0 Å². The minimum atomic E-state index is -0.346. The van der Waals surface area contributed by atoms with E-state index in [4.69, 9.17) is 4.74 Å². The summed E-state index contributed by atoms with van der Waals surface area (Å²) in [5, 5.41) is 8.10. The van der Waals surface area contributed by atoms with Gasteiger partial charge in [-0.2, -0.15) is 10.1 Å². The third-order valence-corrected chi connectivity index (χ3v) is 3.75. The first-order chi connectivity index (χ1) is 12.0. The van der Waals surface area contributed by atoms with Crippen LogP contribution < -0.4 is 15.1 Å². The van der Waals surface area contributed by atoms with Gasteiger partial charge in [-0.1, -0.05) is 35.9 Å². The van der Waals surface area contributed by atoms with Crippen molar-refractivity contribution >= 4 is 23.3 Å². The fraction of sp³-hybridized carbons (Fsp3) is 0.211. The number of hydrazone groups is 1. The molecule has 0 spiro atoms. The van der Waals surface area contributed by atoms with E-state index in [1.165, 1.54) is 5.01 Å². The number of rotatable bonds is 4. The monoisotopic (exact) mass is 337 g/mol. The first-order valence-electron chi connectivity index (χ1n) is 7.98. The van der Waals surface area contributed by atoms with Gasteiger partial charge in [-0.3, -0.25) is 9.59 Å². The SMILES string of the molecule is Cc1ccc(OCC(=O)NC2=NN(c3ccccc3)C(=O)C2)c(C)c1. The first-order valence-corrected chi connectivity index (χ1v) is 7.98. The molecule has 0 bridgehead atoms. The molecule has 0 fully saturated rings. The summed E-state index contributed by atoms with van der Waals surface area (Å²) in [5.41, 5.74) is 2.77. The summed E-state index contributed by atoms with van der Waals surface area (Å²) in [6, 6.07) is 14.8. The summed E-state index contributed by atoms with van der Waals surface area (Å²) in [7, 11) is 0. The van der Waals surface area contributed by atoms with Crippen molar-refractivity contribution in [2.75, 3.05) is 11.6 Å². The maximum Gasteiger partial charge on any atom is 0.263 e. The molecule has 25 heavy (non-hydrogen) atoms. The van der Waals surface area contributed by atoms with Crippen LogP contribution in [0.3, 0.4) is 0 Å². The largest absolute Gasteiger partial charge is 0.483 e. The van der Waals surface area contributed by atoms with Crippen LogP contribution in [0.2, 0.25) is 0 Å². The van der Waals surface area contributed by atoms with Gasteiger partial charge in [0.2, 0.25) is 0 Å². The zero-order chi connectivity index (χ0) is 17.8. The highest BCUT2D eigenvalue weighted by molar-refractivity contribution is 6.15. The Morgan fingerprint density at radius 2 is 1.96 bits per heavy atom. The van der Waals surface area contributed by atoms with Crippen molar-refractivity contribution in [3.05, 3.63) is 59.7 Å². The van der Waals surface area contributed by atoms with Crippen molar-refractivity contribution in [2.45, 2.75) is 20.3 Å². The van der Waals surface area contributed by atoms with E-state index in [0.29, 0.717) is 17.3 Å². The summed E-state index contributed by atoms with van der Waals surface area (Å²) in [6.07, 6.45) is 0.0597. The van der Waals surface area contributed by atoms with Crippen LogP contribution in [0.15, 0.2) is 53.6 Å². The molecule has 0 unspecified atom stereocenters. The average Bonchev–Trinajstić information content (AvgIpc) is 2.95. The predicted octanol–water partition coefficient (Wildman–Crippen LogP) is 2.55. The van der Waals surface area contributed by atoms with E-state index in [9.17, 15) is 9.59 Å². The Morgan fingerprint density at radius 3 is 2.68 bits per heavy atom. The molecular formula is C19H19N3O3. The quantitative estimate of drug-likeness (QED) is 0.932. The minimum Gasteiger partial charge on any atom is -0.483 e. The Labute approximate surface area is 146 Å². The molecule has 0 aliphatic carbocycles. The van der Waals surface area contributed by atoms with Gasteiger partial charge >= 0.3 is 0 Å². The van der Waals surface area contributed by atoms with Crippen LogP contribution in [0.1, 0.15) is 17.5 Å². The van der Waals surface area contributed by atoms with Crippen molar-refractivity contribution in [1.29, 1.82) is 0 Å². The normalized spacial score (nSPS) is 13.6. The summed E-state index contributed by atoms with van der Waals surface area (Å²) >= 11 is 0. The molecule has 0 radical (unpaired) electrons. The molecule has 6 heteroatoms. The zero-order valence-electron chi connectivity index (χ0n) is 14.2. The molecule has 0 saturated heterocycles. The zero-order valence-corrected chi connectivity index (χ0v) is 14.2. The van der Waals surface area contributed by atoms with Crippen LogP contribution in [0.25, 0.3) is 0 Å². The highest BCUT2D eigenvalue weighted by Gasteiger charge is 2.26. The van der Waals surface area contributed by atoms with Crippen molar-refractivity contribution in [1.82, 2.24) is 5.32 Å². The number of nitrogens with zero attached hydrogens (tertiary/aromatic N) is 2. The lowest BCUT2D eigenvalue weighted by Crippen LogP contribution is -2.33. The highest BCUT2D eigenvalue weighted by atomic mass is 16.5. The lowest BCUT2D eigenvalue weighted by molar-refractivity contribution is -0.121. The van der Waals surface area contributed by atoms with Gasteiger partial charge < -0.3 is 10.1 Å². The smallest absolute Gasteiger partial charge is 0.263 e. The van der Waals surface area contributed by atoms with E-state index in [1.54, 1.807) is 12.1 Å². The second kappa shape index (κ2) is 7.17. The first kappa shape index (κ1) is 16.7. The minimum absolute atomic E-state index is 0.0597. The second-order valence-electron chi connectivity index (χ2n) is 5.87. The van der Waals surface area contributed by atoms with Gasteiger partial charge in [0.1, 0.15) is 11.6 Å². The molecule has 1 N–H and O–H groups in total. The molecule has 1 aliphatic heterocycles. The van der Waals surface area contributed by atoms with Crippen molar-refractivity contribution < 1.29 is 14.3 Å². The number of ether oxygens (including phenoxy) is 1. The lowest BCUT2D eigenvalue weighted by atomic mass is 10.1. The number of carbonyl (C=O) groups is 2. The van der Waals surface area contributed by atoms with Crippen molar-refractivity contribution in [3.63, 3.8) is 0 Å². The van der Waals surface area contributed by atoms with E-state index in [-0.39, 0.29) is 24.8 Å². The Bertz CT molecular complexity index is 831. The molecule has 0 aromatic heterocycles. The van der Waals surface area contributed by atoms with Gasteiger partial charge in [0.15, 0.2) is 6.61 Å². The van der Waals surface area contributed by atoms with E-state index < -0.39 is 0 Å². The van der Waals surface area contributed by atoms with E-state index >= 15 is 0 Å². The standard InChI is InChI=1S/C19H19N3O3/c1-13-8-9-16(14(2)10-13)25-12-18(23)20-17-11-19(24)22(21-17)15-6-4-3-5-7-15/h3-10H,11-12H2,1-2H3,(H,20,21,23). The van der Waals surface area contributed by atoms with Gasteiger partial charge in [0.05, 0.1) is 12.1 Å². The van der Waals surface area contributed by atoms with Crippen LogP contribution in [-0.2, 0) is 9.59 Å². The molecule has 1 heterocycles. The van der Waals surface area contributed by atoms with Gasteiger partial charge in [0, 0.05) is 0 Å². The van der Waals surface area contributed by atoms with E-state index in [0.717, 1.165) is 11.1 Å². The van der Waals surface area contributed by atoms with Gasteiger partial charge in [-0.15, -0.1) is 0 Å². The fourth-order valence-electron chi connectivity index (χ4n) is 2.57. The number of aryl methyl sites for hydroxylation is 2. The lowest BCUT2D eigenvalue weighted by Gasteiger charge is -2.10. The summed E-state index contributed by atoms with van der Waals surface area (Å²) in [6.45, 7) is 3.79. The van der Waals surface area contributed by atoms with Crippen LogP contribution in [0, 0.1) is 13.8 Å². The van der Waals surface area contributed by atoms with Gasteiger partial charge in [-0.05, 0) is 37.6 Å². The van der Waals surface area contributed by atoms with Gasteiger partial charge in [0.25, 0.3) is 11.8 Å². The molecule has 1 aliphatic rings. The van der Waals surface area contributed by atoms with Gasteiger partial charge in [-0.25, -0.2) is 0 Å². The van der Waals surface area contributed by atoms with Crippen molar-refractivity contribution in [3.8, 4) is 5.75 Å². The highest BCUT2D eigenvalue weighted by Crippen LogP contribution is 2.20. The fourth-order valence-corrected chi connectivity index (χ4v) is 2.57. The Hall–Kier alpha value is -3.15. The van der Waals surface area contributed by atoms with Crippen LogP contribution in [0.5, 0.6) is 5.75 Å². The summed E-state index contributed by atoms with van der Waals surface area (Å²) in [4.78, 5) is 24.1. The summed E-state index contributed by atoms with van der Waals surface area (Å²) < 4.78 is 5.54. The average molecular weight is 337 g/mol. The molecule has 0 atom stereocenters. The van der Waals surface area contributed by atoms with Crippen molar-refractivity contribution in [2.24, 2.45) is 5.10 Å². The number of amides is 2. The molecule has 3 rings (SSSR count). The van der Waals surface area contributed by atoms with Crippen LogP contribution in [-0.4, -0.2) is 24.3 Å². The third-order valence-electron chi connectivity index (χ3n) is 3.75. The molecule has 2 amide bonds. The number of hydrogen-bond acceptors (Lipinski definition) is 4. The molecule has 128 valence electrons. The number of nitrogens with one attached hydrogen (secondary N) is 1. The molecular weight excluding hydrogens is 318 g/mol. The maximum atomic E-state index is 12.1. The number of carbonyl (C=O) groups excluding carboxylic acids is 2. The Morgan fingerprint density at radius 1 is 1.20 bits per heavy atom. The molecule has 6 nitrogen and oxygen atoms in total. The number of benzene rings is 2. The number of para-hydroxylation sites is 1. The third kappa shape index (κ3) is 4.03. The Kier molecular flexibility index (Phi) is 4.79. The predicted molar refractivity (Wildman–Crippen MR) is 95.5 cm³/mol. The second-order valence-corrected chi connectivity index (χ2v) is 5.87. The maximum absolute atomic E-state index is 12.1. The Balaban J connectivity index is 1.59. The number of anilines is 1. The van der Waals surface area contributed by atoms with E-state index in [1.807, 2.05) is 50.2 Å². The topological polar surface area (TPSA) is 71.0 Å². The molecule has 0 saturated carbocycles. The molecule has 2 aromatic rings. The molecule has 2 aromatic carbocycles. The van der Waals surface area contributed by atoms with Crippen LogP contribution in [0.4, 0.5) is 5.69 Å². The summed E-state index contributed by atoms with van der Waals surface area (Å²) in [5.74, 6) is 0.456.